The highest BCUT2D eigenvalue weighted by atomic mass is 35.5. The fourth-order valence-electron chi connectivity index (χ4n) is 3.98. The van der Waals surface area contributed by atoms with E-state index in [2.05, 4.69) is 5.32 Å². The largest absolute Gasteiger partial charge is 0.493 e. The molecule has 0 aromatic heterocycles. The minimum Gasteiger partial charge on any atom is -0.493 e. The van der Waals surface area contributed by atoms with Crippen LogP contribution in [0.3, 0.4) is 0 Å². The van der Waals surface area contributed by atoms with Crippen LogP contribution in [0.15, 0.2) is 65.6 Å². The van der Waals surface area contributed by atoms with Gasteiger partial charge >= 0.3 is 0 Å². The molecule has 3 aromatic carbocycles. The molecule has 0 saturated heterocycles. The molecule has 3 rings (SSSR count). The van der Waals surface area contributed by atoms with Crippen molar-refractivity contribution in [1.82, 2.24) is 10.2 Å². The van der Waals surface area contributed by atoms with Crippen molar-refractivity contribution >= 4 is 62.3 Å². The number of methoxy groups -OCH3 is 2. The average molecular weight is 643 g/mol. The predicted molar refractivity (Wildman–Crippen MR) is 161 cm³/mol. The number of ether oxygens (including phenoxy) is 2. The number of nitrogens with zero attached hydrogens (tertiary/aromatic N) is 2. The lowest BCUT2D eigenvalue weighted by molar-refractivity contribution is -0.139. The molecule has 1 atom stereocenters. The van der Waals surface area contributed by atoms with Gasteiger partial charge in [-0.1, -0.05) is 40.9 Å². The monoisotopic (exact) mass is 641 g/mol. The Morgan fingerprint density at radius 1 is 0.902 bits per heavy atom. The summed E-state index contributed by atoms with van der Waals surface area (Å²) in [5.41, 5.74) is 0.717. The molecular formula is C28H30Cl3N3O6S. The SMILES string of the molecule is CCNC(=O)[C@@H](C)N(Cc1ccc(Cl)cc1Cl)C(=O)CN(c1ccc(Cl)cc1)S(=O)(=O)c1ccc(OC)c(OC)c1. The lowest BCUT2D eigenvalue weighted by atomic mass is 10.1. The third-order valence-corrected chi connectivity index (χ3v) is 8.82. The molecule has 0 heterocycles. The molecule has 41 heavy (non-hydrogen) atoms. The van der Waals surface area contributed by atoms with E-state index in [1.807, 2.05) is 0 Å². The number of hydrogen-bond acceptors (Lipinski definition) is 6. The molecule has 0 aliphatic rings. The predicted octanol–water partition coefficient (Wildman–Crippen LogP) is 5.41. The zero-order chi connectivity index (χ0) is 30.3. The van der Waals surface area contributed by atoms with Crippen LogP contribution >= 0.6 is 34.8 Å². The van der Waals surface area contributed by atoms with Crippen LogP contribution < -0.4 is 19.1 Å². The fourth-order valence-corrected chi connectivity index (χ4v) is 6.00. The molecular weight excluding hydrogens is 613 g/mol. The van der Waals surface area contributed by atoms with Crippen molar-refractivity contribution < 1.29 is 27.5 Å². The summed E-state index contributed by atoms with van der Waals surface area (Å²) in [5, 5.41) is 3.79. The summed E-state index contributed by atoms with van der Waals surface area (Å²) in [7, 11) is -1.51. The Balaban J connectivity index is 2.08. The van der Waals surface area contributed by atoms with E-state index >= 15 is 0 Å². The summed E-state index contributed by atoms with van der Waals surface area (Å²) < 4.78 is 39.5. The third kappa shape index (κ3) is 7.77. The number of benzene rings is 3. The first-order valence-corrected chi connectivity index (χ1v) is 15.0. The maximum Gasteiger partial charge on any atom is 0.264 e. The number of carbonyl (C=O) groups is 2. The molecule has 9 nitrogen and oxygen atoms in total. The Kier molecular flexibility index (Phi) is 11.1. The third-order valence-electron chi connectivity index (χ3n) is 6.21. The smallest absolute Gasteiger partial charge is 0.264 e. The highest BCUT2D eigenvalue weighted by Crippen LogP contribution is 2.33. The number of anilines is 1. The molecule has 2 amide bonds. The van der Waals surface area contributed by atoms with E-state index in [1.165, 1.54) is 67.7 Å². The molecule has 0 unspecified atom stereocenters. The molecule has 0 aliphatic carbocycles. The van der Waals surface area contributed by atoms with Gasteiger partial charge in [-0.05, 0) is 67.9 Å². The van der Waals surface area contributed by atoms with Gasteiger partial charge in [-0.15, -0.1) is 0 Å². The highest BCUT2D eigenvalue weighted by molar-refractivity contribution is 7.92. The van der Waals surface area contributed by atoms with Gasteiger partial charge in [0.15, 0.2) is 11.5 Å². The minimum atomic E-state index is -4.33. The average Bonchev–Trinajstić information content (AvgIpc) is 2.95. The molecule has 220 valence electrons. The van der Waals surface area contributed by atoms with Gasteiger partial charge in [-0.25, -0.2) is 8.42 Å². The Hall–Kier alpha value is -3.18. The second kappa shape index (κ2) is 14.1. The summed E-state index contributed by atoms with van der Waals surface area (Å²) in [6.45, 7) is 2.95. The lowest BCUT2D eigenvalue weighted by Gasteiger charge is -2.32. The van der Waals surface area contributed by atoms with E-state index in [1.54, 1.807) is 26.0 Å². The van der Waals surface area contributed by atoms with Crippen LogP contribution in [-0.4, -0.2) is 58.5 Å². The number of likely N-dealkylation sites (N-methyl/N-ethyl adjacent to an activating group) is 1. The van der Waals surface area contributed by atoms with E-state index in [0.717, 1.165) is 4.31 Å². The van der Waals surface area contributed by atoms with E-state index in [-0.39, 0.29) is 22.9 Å². The number of carbonyl (C=O) groups excluding carboxylic acids is 2. The zero-order valence-electron chi connectivity index (χ0n) is 22.9. The van der Waals surface area contributed by atoms with Gasteiger partial charge in [-0.3, -0.25) is 13.9 Å². The van der Waals surface area contributed by atoms with Crippen molar-refractivity contribution in [2.45, 2.75) is 31.3 Å². The first kappa shape index (κ1) is 32.3. The quantitative estimate of drug-likeness (QED) is 0.283. The molecule has 13 heteroatoms. The standard InChI is InChI=1S/C28H30Cl3N3O6S/c1-5-32-28(36)18(2)33(16-19-6-7-21(30)14-24(19)31)27(35)17-34(22-10-8-20(29)9-11-22)41(37,38)23-12-13-25(39-3)26(15-23)40-4/h6-15,18H,5,16-17H2,1-4H3,(H,32,36)/t18-/m1/s1. The molecule has 0 aliphatic heterocycles. The molecule has 1 N–H and O–H groups in total. The first-order valence-electron chi connectivity index (χ1n) is 12.4. The highest BCUT2D eigenvalue weighted by Gasteiger charge is 2.33. The summed E-state index contributed by atoms with van der Waals surface area (Å²) in [6.07, 6.45) is 0. The number of nitrogens with one attached hydrogen (secondary N) is 1. The maximum absolute atomic E-state index is 14.0. The van der Waals surface area contributed by atoms with E-state index in [0.29, 0.717) is 32.9 Å². The van der Waals surface area contributed by atoms with Crippen LogP contribution in [0.4, 0.5) is 5.69 Å². The van der Waals surface area contributed by atoms with Gasteiger partial charge < -0.3 is 19.7 Å². The number of rotatable bonds is 12. The second-order valence-corrected chi connectivity index (χ2v) is 12.0. The van der Waals surface area contributed by atoms with Crippen LogP contribution in [0.5, 0.6) is 11.5 Å². The van der Waals surface area contributed by atoms with Gasteiger partial charge in [-0.2, -0.15) is 0 Å². The molecule has 3 aromatic rings. The Bertz CT molecular complexity index is 1500. The summed E-state index contributed by atoms with van der Waals surface area (Å²) in [6, 6.07) is 14.0. The topological polar surface area (TPSA) is 105 Å². The van der Waals surface area contributed by atoms with Gasteiger partial charge in [0.2, 0.25) is 11.8 Å². The molecule has 0 radical (unpaired) electrons. The van der Waals surface area contributed by atoms with Crippen LogP contribution in [0.1, 0.15) is 19.4 Å². The first-order chi connectivity index (χ1) is 19.4. The van der Waals surface area contributed by atoms with Crippen molar-refractivity contribution in [3.8, 4) is 11.5 Å². The maximum atomic E-state index is 14.0. The van der Waals surface area contributed by atoms with Crippen molar-refractivity contribution in [3.05, 3.63) is 81.3 Å². The molecule has 0 saturated carbocycles. The van der Waals surface area contributed by atoms with E-state index < -0.39 is 34.4 Å². The van der Waals surface area contributed by atoms with Gasteiger partial charge in [0.1, 0.15) is 12.6 Å². The molecule has 0 fully saturated rings. The Morgan fingerprint density at radius 2 is 1.54 bits per heavy atom. The number of halogens is 3. The summed E-state index contributed by atoms with van der Waals surface area (Å²) >= 11 is 18.5. The van der Waals surface area contributed by atoms with E-state index in [4.69, 9.17) is 44.3 Å². The van der Waals surface area contributed by atoms with Gasteiger partial charge in [0, 0.05) is 34.2 Å². The summed E-state index contributed by atoms with van der Waals surface area (Å²) in [4.78, 5) is 27.9. The van der Waals surface area contributed by atoms with Crippen molar-refractivity contribution in [3.63, 3.8) is 0 Å². The Labute approximate surface area is 254 Å². The lowest BCUT2D eigenvalue weighted by Crippen LogP contribution is -2.51. The minimum absolute atomic E-state index is 0.0714. The van der Waals surface area contributed by atoms with Crippen LogP contribution in [0.25, 0.3) is 0 Å². The van der Waals surface area contributed by atoms with Crippen molar-refractivity contribution in [2.24, 2.45) is 0 Å². The van der Waals surface area contributed by atoms with Crippen molar-refractivity contribution in [1.29, 1.82) is 0 Å². The zero-order valence-corrected chi connectivity index (χ0v) is 25.9. The van der Waals surface area contributed by atoms with Crippen molar-refractivity contribution in [2.75, 3.05) is 31.6 Å². The molecule has 0 spiro atoms. The Morgan fingerprint density at radius 3 is 2.12 bits per heavy atom. The normalized spacial score (nSPS) is 11.9. The van der Waals surface area contributed by atoms with Gasteiger partial charge in [0.05, 0.1) is 24.8 Å². The van der Waals surface area contributed by atoms with Crippen LogP contribution in [0.2, 0.25) is 15.1 Å². The van der Waals surface area contributed by atoms with E-state index in [9.17, 15) is 18.0 Å². The van der Waals surface area contributed by atoms with Crippen LogP contribution in [0, 0.1) is 0 Å². The fraction of sp³-hybridized carbons (Fsp3) is 0.286. The van der Waals surface area contributed by atoms with Gasteiger partial charge in [0.25, 0.3) is 10.0 Å². The number of hydrogen-bond donors (Lipinski definition) is 1. The van der Waals surface area contributed by atoms with Crippen LogP contribution in [-0.2, 0) is 26.2 Å². The number of sulfonamides is 1. The molecule has 0 bridgehead atoms. The summed E-state index contributed by atoms with van der Waals surface area (Å²) in [5.74, 6) is -0.525. The number of amides is 2. The second-order valence-electron chi connectivity index (χ2n) is 8.83.